The van der Waals surface area contributed by atoms with Gasteiger partial charge >= 0.3 is 0 Å². The molecule has 3 heteroatoms. The Morgan fingerprint density at radius 1 is 1.42 bits per heavy atom. The van der Waals surface area contributed by atoms with Crippen molar-refractivity contribution in [3.8, 4) is 0 Å². The predicted molar refractivity (Wildman–Crippen MR) is 58.4 cm³/mol. The first-order valence-electron chi connectivity index (χ1n) is 4.71. The summed E-state index contributed by atoms with van der Waals surface area (Å²) in [4.78, 5) is 2.22. The van der Waals surface area contributed by atoms with Crippen molar-refractivity contribution in [2.24, 2.45) is 0 Å². The van der Waals surface area contributed by atoms with Crippen LogP contribution in [0.15, 0.2) is 0 Å². The van der Waals surface area contributed by atoms with Crippen LogP contribution in [-0.2, 0) is 0 Å². The number of rotatable bonds is 4. The van der Waals surface area contributed by atoms with Crippen LogP contribution in [0.5, 0.6) is 0 Å². The minimum atomic E-state index is 0.543. The minimum absolute atomic E-state index is 0.543. The first kappa shape index (κ1) is 11.7. The van der Waals surface area contributed by atoms with Crippen LogP contribution in [0.4, 0.5) is 0 Å². The average molecular weight is 188 g/mol. The zero-order valence-electron chi connectivity index (χ0n) is 8.55. The lowest BCUT2D eigenvalue weighted by atomic mass is 10.2. The molecule has 0 bridgehead atoms. The van der Waals surface area contributed by atoms with Gasteiger partial charge in [0.25, 0.3) is 0 Å². The van der Waals surface area contributed by atoms with Crippen LogP contribution in [0.25, 0.3) is 0 Å². The van der Waals surface area contributed by atoms with Gasteiger partial charge in [-0.25, -0.2) is 0 Å². The van der Waals surface area contributed by atoms with E-state index in [0.29, 0.717) is 6.04 Å². The third-order valence-electron chi connectivity index (χ3n) is 2.05. The molecule has 0 aromatic heterocycles. The third-order valence-corrected chi connectivity index (χ3v) is 2.43. The van der Waals surface area contributed by atoms with E-state index in [4.69, 9.17) is 12.2 Å². The van der Waals surface area contributed by atoms with Gasteiger partial charge in [-0.3, -0.25) is 0 Å². The van der Waals surface area contributed by atoms with E-state index >= 15 is 0 Å². The first-order valence-corrected chi connectivity index (χ1v) is 5.12. The summed E-state index contributed by atoms with van der Waals surface area (Å²) < 4.78 is 0. The van der Waals surface area contributed by atoms with E-state index in [-0.39, 0.29) is 0 Å². The molecule has 0 aliphatic heterocycles. The van der Waals surface area contributed by atoms with E-state index in [0.717, 1.165) is 24.6 Å². The van der Waals surface area contributed by atoms with Gasteiger partial charge in [-0.05, 0) is 39.4 Å². The van der Waals surface area contributed by atoms with Crippen LogP contribution in [0.2, 0.25) is 0 Å². The van der Waals surface area contributed by atoms with Gasteiger partial charge in [0, 0.05) is 19.1 Å². The highest BCUT2D eigenvalue weighted by molar-refractivity contribution is 7.80. The molecule has 0 aromatic carbocycles. The largest absolute Gasteiger partial charge is 0.363 e. The van der Waals surface area contributed by atoms with Gasteiger partial charge in [0.15, 0.2) is 5.11 Å². The molecule has 0 saturated carbocycles. The van der Waals surface area contributed by atoms with Crippen molar-refractivity contribution in [1.82, 2.24) is 10.2 Å². The molecule has 72 valence electrons. The van der Waals surface area contributed by atoms with E-state index in [2.05, 4.69) is 37.9 Å². The Balaban J connectivity index is 4.04. The van der Waals surface area contributed by atoms with E-state index < -0.39 is 0 Å². The second-order valence-electron chi connectivity index (χ2n) is 2.88. The van der Waals surface area contributed by atoms with Gasteiger partial charge in [0.05, 0.1) is 0 Å². The summed E-state index contributed by atoms with van der Waals surface area (Å²) in [5, 5.41) is 4.05. The summed E-state index contributed by atoms with van der Waals surface area (Å²) in [6.45, 7) is 10.5. The molecule has 1 atom stereocenters. The maximum absolute atomic E-state index is 5.23. The Morgan fingerprint density at radius 3 is 2.33 bits per heavy atom. The minimum Gasteiger partial charge on any atom is -0.363 e. The van der Waals surface area contributed by atoms with Crippen molar-refractivity contribution in [2.75, 3.05) is 13.1 Å². The van der Waals surface area contributed by atoms with Gasteiger partial charge in [0.2, 0.25) is 0 Å². The topological polar surface area (TPSA) is 15.3 Å². The normalized spacial score (nSPS) is 12.3. The summed E-state index contributed by atoms with van der Waals surface area (Å²) in [5.74, 6) is 0. The molecule has 0 rings (SSSR count). The molecule has 0 spiro atoms. The Hall–Kier alpha value is -0.310. The summed E-state index contributed by atoms with van der Waals surface area (Å²) >= 11 is 5.23. The van der Waals surface area contributed by atoms with Gasteiger partial charge in [-0.1, -0.05) is 6.92 Å². The maximum atomic E-state index is 5.23. The molecule has 0 saturated heterocycles. The van der Waals surface area contributed by atoms with Crippen LogP contribution in [0.3, 0.4) is 0 Å². The average Bonchev–Trinajstić information content (AvgIpc) is 2.06. The monoisotopic (exact) mass is 188 g/mol. The SMILES string of the molecule is CCNC(=S)N(CC)C(C)CC. The zero-order valence-corrected chi connectivity index (χ0v) is 9.37. The molecule has 0 aliphatic carbocycles. The molecule has 1 N–H and O–H groups in total. The smallest absolute Gasteiger partial charge is 0.169 e. The highest BCUT2D eigenvalue weighted by Gasteiger charge is 2.11. The van der Waals surface area contributed by atoms with E-state index in [1.807, 2.05) is 0 Å². The van der Waals surface area contributed by atoms with Crippen LogP contribution < -0.4 is 5.32 Å². The second-order valence-corrected chi connectivity index (χ2v) is 3.27. The Kier molecular flexibility index (Phi) is 6.07. The van der Waals surface area contributed by atoms with E-state index in [9.17, 15) is 0 Å². The molecule has 2 nitrogen and oxygen atoms in total. The molecule has 1 unspecified atom stereocenters. The maximum Gasteiger partial charge on any atom is 0.169 e. The molecular formula is C9H20N2S. The van der Waals surface area contributed by atoms with Gasteiger partial charge in [0.1, 0.15) is 0 Å². The highest BCUT2D eigenvalue weighted by atomic mass is 32.1. The molecular weight excluding hydrogens is 168 g/mol. The summed E-state index contributed by atoms with van der Waals surface area (Å²) in [5.41, 5.74) is 0. The lowest BCUT2D eigenvalue weighted by molar-refractivity contribution is 0.333. The number of thiocarbonyl (C=S) groups is 1. The van der Waals surface area contributed by atoms with Crippen LogP contribution in [-0.4, -0.2) is 29.1 Å². The molecule has 0 radical (unpaired) electrons. The summed E-state index contributed by atoms with van der Waals surface area (Å²) in [6.07, 6.45) is 1.14. The van der Waals surface area contributed by atoms with Crippen LogP contribution in [0.1, 0.15) is 34.1 Å². The molecule has 0 fully saturated rings. The van der Waals surface area contributed by atoms with Crippen molar-refractivity contribution in [3.05, 3.63) is 0 Å². The number of nitrogens with zero attached hydrogens (tertiary/aromatic N) is 1. The lowest BCUT2D eigenvalue weighted by Gasteiger charge is -2.29. The van der Waals surface area contributed by atoms with Gasteiger partial charge in [-0.2, -0.15) is 0 Å². The molecule has 12 heavy (non-hydrogen) atoms. The van der Waals surface area contributed by atoms with Gasteiger partial charge in [-0.15, -0.1) is 0 Å². The molecule has 0 heterocycles. The predicted octanol–water partition coefficient (Wildman–Crippen LogP) is 2.00. The quantitative estimate of drug-likeness (QED) is 0.679. The Labute approximate surface area is 81.3 Å². The number of hydrogen-bond donors (Lipinski definition) is 1. The fourth-order valence-electron chi connectivity index (χ4n) is 1.13. The molecule has 0 amide bonds. The van der Waals surface area contributed by atoms with Crippen molar-refractivity contribution >= 4 is 17.3 Å². The standard InChI is InChI=1S/C9H20N2S/c1-5-8(4)11(7-3)9(12)10-6-2/h8H,5-7H2,1-4H3,(H,10,12). The van der Waals surface area contributed by atoms with Gasteiger partial charge < -0.3 is 10.2 Å². The van der Waals surface area contributed by atoms with Crippen LogP contribution in [0, 0.1) is 0 Å². The molecule has 0 aliphatic rings. The Morgan fingerprint density at radius 2 is 2.00 bits per heavy atom. The highest BCUT2D eigenvalue weighted by Crippen LogP contribution is 2.02. The van der Waals surface area contributed by atoms with E-state index in [1.54, 1.807) is 0 Å². The second kappa shape index (κ2) is 6.23. The lowest BCUT2D eigenvalue weighted by Crippen LogP contribution is -2.44. The summed E-state index contributed by atoms with van der Waals surface area (Å²) in [7, 11) is 0. The third kappa shape index (κ3) is 3.39. The summed E-state index contributed by atoms with van der Waals surface area (Å²) in [6, 6.07) is 0.543. The first-order chi connectivity index (χ1) is 5.67. The fraction of sp³-hybridized carbons (Fsp3) is 0.889. The van der Waals surface area contributed by atoms with Crippen molar-refractivity contribution in [1.29, 1.82) is 0 Å². The van der Waals surface area contributed by atoms with Crippen LogP contribution >= 0.6 is 12.2 Å². The van der Waals surface area contributed by atoms with E-state index in [1.165, 1.54) is 0 Å². The zero-order chi connectivity index (χ0) is 9.56. The number of hydrogen-bond acceptors (Lipinski definition) is 1. The number of nitrogens with one attached hydrogen (secondary N) is 1. The van der Waals surface area contributed by atoms with Crippen molar-refractivity contribution in [3.63, 3.8) is 0 Å². The van der Waals surface area contributed by atoms with Crippen molar-refractivity contribution in [2.45, 2.75) is 40.2 Å². The van der Waals surface area contributed by atoms with Crippen molar-refractivity contribution < 1.29 is 0 Å². The molecule has 0 aromatic rings. The Bertz CT molecular complexity index is 136. The fourth-order valence-corrected chi connectivity index (χ4v) is 1.58.